The summed E-state index contributed by atoms with van der Waals surface area (Å²) in [6.45, 7) is 0.733. The van der Waals surface area contributed by atoms with Crippen LogP contribution in [0.4, 0.5) is 20.2 Å². The fourth-order valence-corrected chi connectivity index (χ4v) is 5.91. The van der Waals surface area contributed by atoms with Crippen LogP contribution in [0.1, 0.15) is 40.7 Å². The third kappa shape index (κ3) is 4.62. The number of hydrogen-bond donors (Lipinski definition) is 1. The zero-order valence-corrected chi connectivity index (χ0v) is 19.6. The summed E-state index contributed by atoms with van der Waals surface area (Å²) in [4.78, 5) is 27.0. The molecule has 2 amide bonds. The smallest absolute Gasteiger partial charge is 0.387 e. The molecule has 8 nitrogen and oxygen atoms in total. The number of hydrogen-bond acceptors (Lipinski definition) is 5. The molecule has 2 aromatic carbocycles. The molecule has 4 rings (SSSR count). The lowest BCUT2D eigenvalue weighted by Gasteiger charge is -2.31. The molecule has 182 valence electrons. The molecular weight excluding hydrogens is 468 g/mol. The molecule has 2 aliphatic heterocycles. The second-order valence-electron chi connectivity index (χ2n) is 8.40. The number of amides is 2. The van der Waals surface area contributed by atoms with Gasteiger partial charge in [0.15, 0.2) is 0 Å². The zero-order valence-electron chi connectivity index (χ0n) is 18.8. The van der Waals surface area contributed by atoms with Crippen LogP contribution < -0.4 is 15.0 Å². The predicted molar refractivity (Wildman–Crippen MR) is 122 cm³/mol. The highest BCUT2D eigenvalue weighted by atomic mass is 32.2. The van der Waals surface area contributed by atoms with Gasteiger partial charge in [0.25, 0.3) is 5.91 Å². The van der Waals surface area contributed by atoms with E-state index < -0.39 is 28.4 Å². The standard InChI is InChI=1S/C23H25F2N3O5S/c1-14-10-16(11-15(2)21(14)33-23(24)25)22(30)28-13-20(29)26-18-12-17(6-7-19(18)28)34(31,32)27-8-4-3-5-9-27/h6-7,10-12,23H,3-5,8-9,13H2,1-2H3,(H,26,29). The highest BCUT2D eigenvalue weighted by molar-refractivity contribution is 7.89. The van der Waals surface area contributed by atoms with E-state index in [-0.39, 0.29) is 28.4 Å². The number of rotatable bonds is 5. The van der Waals surface area contributed by atoms with Crippen LogP contribution in [-0.4, -0.2) is 50.8 Å². The van der Waals surface area contributed by atoms with Gasteiger partial charge in [-0.2, -0.15) is 13.1 Å². The van der Waals surface area contributed by atoms with Gasteiger partial charge in [0, 0.05) is 18.7 Å². The van der Waals surface area contributed by atoms with Gasteiger partial charge in [-0.25, -0.2) is 8.42 Å². The average molecular weight is 494 g/mol. The monoisotopic (exact) mass is 493 g/mol. The first kappa shape index (κ1) is 24.1. The van der Waals surface area contributed by atoms with Crippen molar-refractivity contribution in [1.29, 1.82) is 0 Å². The number of nitrogens with one attached hydrogen (secondary N) is 1. The van der Waals surface area contributed by atoms with Crippen molar-refractivity contribution in [2.24, 2.45) is 0 Å². The summed E-state index contributed by atoms with van der Waals surface area (Å²) in [6, 6.07) is 7.14. The van der Waals surface area contributed by atoms with Gasteiger partial charge in [-0.3, -0.25) is 14.5 Å². The number of sulfonamides is 1. The number of anilines is 2. The Morgan fingerprint density at radius 1 is 1.06 bits per heavy atom. The average Bonchev–Trinajstić information content (AvgIpc) is 2.80. The molecule has 0 saturated carbocycles. The number of fused-ring (bicyclic) bond motifs is 1. The minimum Gasteiger partial charge on any atom is -0.434 e. The van der Waals surface area contributed by atoms with Crippen LogP contribution in [0.15, 0.2) is 35.2 Å². The molecular formula is C23H25F2N3O5S. The van der Waals surface area contributed by atoms with Crippen LogP contribution in [0.2, 0.25) is 0 Å². The van der Waals surface area contributed by atoms with E-state index in [9.17, 15) is 26.8 Å². The first-order valence-electron chi connectivity index (χ1n) is 10.9. The van der Waals surface area contributed by atoms with Crippen LogP contribution in [0.3, 0.4) is 0 Å². The maximum absolute atomic E-state index is 13.3. The van der Waals surface area contributed by atoms with Crippen molar-refractivity contribution >= 4 is 33.2 Å². The molecule has 2 aliphatic rings. The number of halogens is 2. The van der Waals surface area contributed by atoms with Crippen molar-refractivity contribution < 1.29 is 31.5 Å². The van der Waals surface area contributed by atoms with Crippen molar-refractivity contribution in [2.45, 2.75) is 44.6 Å². The Hall–Kier alpha value is -3.05. The maximum atomic E-state index is 13.3. The quantitative estimate of drug-likeness (QED) is 0.686. The molecule has 0 radical (unpaired) electrons. The summed E-state index contributed by atoms with van der Waals surface area (Å²) >= 11 is 0. The molecule has 0 aliphatic carbocycles. The molecule has 34 heavy (non-hydrogen) atoms. The molecule has 2 aromatic rings. The van der Waals surface area contributed by atoms with Gasteiger partial charge in [0.2, 0.25) is 15.9 Å². The molecule has 0 atom stereocenters. The summed E-state index contributed by atoms with van der Waals surface area (Å²) in [5.41, 5.74) is 1.48. The Balaban J connectivity index is 1.67. The molecule has 0 unspecified atom stereocenters. The predicted octanol–water partition coefficient (Wildman–Crippen LogP) is 3.68. The second-order valence-corrected chi connectivity index (χ2v) is 10.3. The Bertz CT molecular complexity index is 1220. The van der Waals surface area contributed by atoms with Crippen molar-refractivity contribution in [3.05, 3.63) is 47.0 Å². The summed E-state index contributed by atoms with van der Waals surface area (Å²) < 4.78 is 57.4. The number of benzene rings is 2. The van der Waals surface area contributed by atoms with E-state index in [1.807, 2.05) is 0 Å². The molecule has 0 bridgehead atoms. The fourth-order valence-electron chi connectivity index (χ4n) is 4.37. The lowest BCUT2D eigenvalue weighted by molar-refractivity contribution is -0.115. The summed E-state index contributed by atoms with van der Waals surface area (Å²) in [7, 11) is -3.73. The lowest BCUT2D eigenvalue weighted by atomic mass is 10.0. The van der Waals surface area contributed by atoms with Gasteiger partial charge >= 0.3 is 6.61 Å². The molecule has 1 N–H and O–H groups in total. The normalized spacial score (nSPS) is 16.9. The fraction of sp³-hybridized carbons (Fsp3) is 0.391. The lowest BCUT2D eigenvalue weighted by Crippen LogP contribution is -2.42. The van der Waals surface area contributed by atoms with Crippen molar-refractivity contribution in [1.82, 2.24) is 4.31 Å². The number of nitrogens with zero attached hydrogens (tertiary/aromatic N) is 2. The SMILES string of the molecule is Cc1cc(C(=O)N2CC(=O)Nc3cc(S(=O)(=O)N4CCCCC4)ccc32)cc(C)c1OC(F)F. The van der Waals surface area contributed by atoms with Crippen molar-refractivity contribution in [3.63, 3.8) is 0 Å². The number of piperidine rings is 1. The van der Waals surface area contributed by atoms with E-state index in [0.717, 1.165) is 19.3 Å². The zero-order chi connectivity index (χ0) is 24.6. The topological polar surface area (TPSA) is 96.0 Å². The van der Waals surface area contributed by atoms with E-state index in [0.29, 0.717) is 29.9 Å². The summed E-state index contributed by atoms with van der Waals surface area (Å²) in [5, 5.41) is 2.65. The molecule has 0 aromatic heterocycles. The Morgan fingerprint density at radius 3 is 2.32 bits per heavy atom. The largest absolute Gasteiger partial charge is 0.434 e. The highest BCUT2D eigenvalue weighted by Crippen LogP contribution is 2.35. The number of carbonyl (C=O) groups excluding carboxylic acids is 2. The summed E-state index contributed by atoms with van der Waals surface area (Å²) in [5.74, 6) is -0.993. The van der Waals surface area contributed by atoms with E-state index in [4.69, 9.17) is 0 Å². The third-order valence-corrected chi connectivity index (χ3v) is 7.84. The first-order chi connectivity index (χ1) is 16.1. The minimum atomic E-state index is -3.73. The third-order valence-electron chi connectivity index (χ3n) is 5.95. The highest BCUT2D eigenvalue weighted by Gasteiger charge is 2.32. The Kier molecular flexibility index (Phi) is 6.59. The van der Waals surface area contributed by atoms with Crippen molar-refractivity contribution in [3.8, 4) is 5.75 Å². The molecule has 0 spiro atoms. The van der Waals surface area contributed by atoms with Crippen LogP contribution >= 0.6 is 0 Å². The number of aryl methyl sites for hydroxylation is 2. The van der Waals surface area contributed by atoms with E-state index in [1.54, 1.807) is 13.8 Å². The van der Waals surface area contributed by atoms with Crippen LogP contribution in [0.25, 0.3) is 0 Å². The van der Waals surface area contributed by atoms with Gasteiger partial charge in [-0.1, -0.05) is 6.42 Å². The van der Waals surface area contributed by atoms with E-state index in [2.05, 4.69) is 10.1 Å². The maximum Gasteiger partial charge on any atom is 0.387 e. The van der Waals surface area contributed by atoms with Crippen LogP contribution in [-0.2, 0) is 14.8 Å². The van der Waals surface area contributed by atoms with Crippen LogP contribution in [0, 0.1) is 13.8 Å². The van der Waals surface area contributed by atoms with Gasteiger partial charge < -0.3 is 10.1 Å². The number of ether oxygens (including phenoxy) is 1. The van der Waals surface area contributed by atoms with Gasteiger partial charge in [0.1, 0.15) is 12.3 Å². The first-order valence-corrected chi connectivity index (χ1v) is 12.3. The Morgan fingerprint density at radius 2 is 1.71 bits per heavy atom. The van der Waals surface area contributed by atoms with E-state index in [1.165, 1.54) is 39.5 Å². The van der Waals surface area contributed by atoms with Gasteiger partial charge in [-0.15, -0.1) is 0 Å². The van der Waals surface area contributed by atoms with Gasteiger partial charge in [0.05, 0.1) is 16.3 Å². The number of alkyl halides is 2. The van der Waals surface area contributed by atoms with E-state index >= 15 is 0 Å². The second kappa shape index (κ2) is 9.30. The Labute approximate surface area is 196 Å². The summed E-state index contributed by atoms with van der Waals surface area (Å²) in [6.07, 6.45) is 2.57. The van der Waals surface area contributed by atoms with Crippen molar-refractivity contribution in [2.75, 3.05) is 29.9 Å². The molecule has 1 saturated heterocycles. The molecule has 2 heterocycles. The van der Waals surface area contributed by atoms with Gasteiger partial charge in [-0.05, 0) is 68.1 Å². The number of carbonyl (C=O) groups is 2. The molecule has 1 fully saturated rings. The van der Waals surface area contributed by atoms with Crippen LogP contribution in [0.5, 0.6) is 5.75 Å². The molecule has 11 heteroatoms. The minimum absolute atomic E-state index is 0.00380.